The molecule has 2 rings (SSSR count). The number of nitrogens with one attached hydrogen (secondary N) is 1. The van der Waals surface area contributed by atoms with Gasteiger partial charge in [-0.15, -0.1) is 6.42 Å². The van der Waals surface area contributed by atoms with E-state index in [1.807, 2.05) is 18.2 Å². The first kappa shape index (κ1) is 14.9. The summed E-state index contributed by atoms with van der Waals surface area (Å²) in [6, 6.07) is 8.75. The van der Waals surface area contributed by atoms with Crippen molar-refractivity contribution < 1.29 is 4.74 Å². The van der Waals surface area contributed by atoms with Gasteiger partial charge in [0.25, 0.3) is 0 Å². The average molecular weight is 272 g/mol. The van der Waals surface area contributed by atoms with Crippen molar-refractivity contribution in [1.82, 2.24) is 10.2 Å². The summed E-state index contributed by atoms with van der Waals surface area (Å²) in [6.07, 6.45) is 7.87. The van der Waals surface area contributed by atoms with Crippen molar-refractivity contribution in [3.8, 4) is 18.1 Å². The smallest absolute Gasteiger partial charge is 0.148 e. The molecule has 3 nitrogen and oxygen atoms in total. The molecular formula is C17H24N2O. The van der Waals surface area contributed by atoms with Gasteiger partial charge >= 0.3 is 0 Å². The monoisotopic (exact) mass is 272 g/mol. The first-order valence-electron chi connectivity index (χ1n) is 7.44. The largest absolute Gasteiger partial charge is 0.481 e. The first-order chi connectivity index (χ1) is 9.85. The highest BCUT2D eigenvalue weighted by molar-refractivity contribution is 5.33. The van der Waals surface area contributed by atoms with E-state index in [1.165, 1.54) is 24.9 Å². The highest BCUT2D eigenvalue weighted by Gasteiger charge is 2.22. The number of likely N-dealkylation sites (tertiary alicyclic amines) is 1. The number of rotatable bonds is 7. The number of hydrogen-bond acceptors (Lipinski definition) is 3. The standard InChI is InChI=1S/C17H24N2O/c1-3-12-20-17-10-6-5-8-15(17)13-18-14-16-9-7-11-19(16)4-2/h1,5-6,8,10,16,18H,4,7,9,11-14H2,2H3. The van der Waals surface area contributed by atoms with E-state index in [1.54, 1.807) is 0 Å². The van der Waals surface area contributed by atoms with Crippen LogP contribution in [0.2, 0.25) is 0 Å². The molecule has 108 valence electrons. The molecule has 20 heavy (non-hydrogen) atoms. The van der Waals surface area contributed by atoms with Crippen LogP contribution in [0.3, 0.4) is 0 Å². The van der Waals surface area contributed by atoms with E-state index >= 15 is 0 Å². The van der Waals surface area contributed by atoms with Crippen molar-refractivity contribution in [3.05, 3.63) is 29.8 Å². The highest BCUT2D eigenvalue weighted by atomic mass is 16.5. The zero-order valence-electron chi connectivity index (χ0n) is 12.3. The van der Waals surface area contributed by atoms with Crippen LogP contribution in [0.25, 0.3) is 0 Å². The summed E-state index contributed by atoms with van der Waals surface area (Å²) in [5.74, 6) is 3.39. The lowest BCUT2D eigenvalue weighted by Gasteiger charge is -2.23. The van der Waals surface area contributed by atoms with Crippen molar-refractivity contribution in [1.29, 1.82) is 0 Å². The van der Waals surface area contributed by atoms with E-state index in [9.17, 15) is 0 Å². The third-order valence-electron chi connectivity index (χ3n) is 3.88. The minimum atomic E-state index is 0.323. The lowest BCUT2D eigenvalue weighted by Crippen LogP contribution is -2.37. The van der Waals surface area contributed by atoms with Gasteiger partial charge in [-0.2, -0.15) is 0 Å². The number of terminal acetylenes is 1. The molecule has 0 spiro atoms. The van der Waals surface area contributed by atoms with Crippen LogP contribution < -0.4 is 10.1 Å². The molecule has 0 bridgehead atoms. The van der Waals surface area contributed by atoms with Crippen molar-refractivity contribution in [2.75, 3.05) is 26.2 Å². The summed E-state index contributed by atoms with van der Waals surface area (Å²) in [4.78, 5) is 2.55. The van der Waals surface area contributed by atoms with E-state index in [4.69, 9.17) is 11.2 Å². The second-order valence-corrected chi connectivity index (χ2v) is 5.16. The Bertz CT molecular complexity index is 453. The van der Waals surface area contributed by atoms with Gasteiger partial charge in [-0.05, 0) is 32.0 Å². The van der Waals surface area contributed by atoms with Crippen LogP contribution in [0.5, 0.6) is 5.75 Å². The fourth-order valence-corrected chi connectivity index (χ4v) is 2.83. The Kier molecular flexibility index (Phi) is 5.91. The van der Waals surface area contributed by atoms with Crippen LogP contribution in [-0.4, -0.2) is 37.2 Å². The number of para-hydroxylation sites is 1. The van der Waals surface area contributed by atoms with E-state index in [0.717, 1.165) is 25.4 Å². The topological polar surface area (TPSA) is 24.5 Å². The van der Waals surface area contributed by atoms with Gasteiger partial charge in [0.05, 0.1) is 0 Å². The number of nitrogens with zero attached hydrogens (tertiary/aromatic N) is 1. The maximum absolute atomic E-state index is 5.56. The summed E-state index contributed by atoms with van der Waals surface area (Å²) in [7, 11) is 0. The van der Waals surface area contributed by atoms with Gasteiger partial charge in [-0.3, -0.25) is 4.90 Å². The minimum absolute atomic E-state index is 0.323. The molecule has 0 saturated carbocycles. The molecule has 1 N–H and O–H groups in total. The maximum Gasteiger partial charge on any atom is 0.148 e. The Morgan fingerprint density at radius 3 is 3.10 bits per heavy atom. The van der Waals surface area contributed by atoms with Crippen LogP contribution in [0, 0.1) is 12.3 Å². The van der Waals surface area contributed by atoms with E-state index in [0.29, 0.717) is 12.6 Å². The molecule has 1 aromatic carbocycles. The zero-order chi connectivity index (χ0) is 14.2. The summed E-state index contributed by atoms with van der Waals surface area (Å²) in [6.45, 7) is 6.82. The summed E-state index contributed by atoms with van der Waals surface area (Å²) < 4.78 is 5.56. The average Bonchev–Trinajstić information content (AvgIpc) is 2.94. The molecule has 0 radical (unpaired) electrons. The highest BCUT2D eigenvalue weighted by Crippen LogP contribution is 2.19. The number of ether oxygens (including phenoxy) is 1. The minimum Gasteiger partial charge on any atom is -0.481 e. The second-order valence-electron chi connectivity index (χ2n) is 5.16. The van der Waals surface area contributed by atoms with Crippen LogP contribution in [0.1, 0.15) is 25.3 Å². The molecule has 1 atom stereocenters. The van der Waals surface area contributed by atoms with Crippen LogP contribution in [0.15, 0.2) is 24.3 Å². The second kappa shape index (κ2) is 7.94. The normalized spacial score (nSPS) is 18.9. The summed E-state index contributed by atoms with van der Waals surface area (Å²) in [5, 5.41) is 3.55. The molecule has 1 aromatic rings. The zero-order valence-corrected chi connectivity index (χ0v) is 12.3. The van der Waals surface area contributed by atoms with E-state index in [-0.39, 0.29) is 0 Å². The molecule has 1 saturated heterocycles. The van der Waals surface area contributed by atoms with Gasteiger partial charge in [0.15, 0.2) is 0 Å². The Morgan fingerprint density at radius 2 is 2.30 bits per heavy atom. The van der Waals surface area contributed by atoms with Gasteiger partial charge in [0.2, 0.25) is 0 Å². The molecule has 0 amide bonds. The molecule has 3 heteroatoms. The van der Waals surface area contributed by atoms with Crippen LogP contribution in [0.4, 0.5) is 0 Å². The first-order valence-corrected chi connectivity index (χ1v) is 7.44. The lowest BCUT2D eigenvalue weighted by atomic mass is 10.2. The van der Waals surface area contributed by atoms with E-state index in [2.05, 4.69) is 29.1 Å². The predicted octanol–water partition coefficient (Wildman–Crippen LogP) is 2.27. The SMILES string of the molecule is C#CCOc1ccccc1CNCC1CCCN1CC. The van der Waals surface area contributed by atoms with Crippen molar-refractivity contribution >= 4 is 0 Å². The molecule has 1 aliphatic heterocycles. The van der Waals surface area contributed by atoms with Gasteiger partial charge in [-0.25, -0.2) is 0 Å². The molecule has 0 aliphatic carbocycles. The summed E-state index contributed by atoms with van der Waals surface area (Å²) >= 11 is 0. The van der Waals surface area contributed by atoms with Crippen LogP contribution in [-0.2, 0) is 6.54 Å². The van der Waals surface area contributed by atoms with Crippen LogP contribution >= 0.6 is 0 Å². The van der Waals surface area contributed by atoms with Gasteiger partial charge < -0.3 is 10.1 Å². The summed E-state index contributed by atoms with van der Waals surface area (Å²) in [5.41, 5.74) is 1.17. The number of hydrogen-bond donors (Lipinski definition) is 1. The fourth-order valence-electron chi connectivity index (χ4n) is 2.83. The Labute approximate surface area is 122 Å². The molecule has 0 aromatic heterocycles. The number of benzene rings is 1. The Balaban J connectivity index is 1.83. The molecule has 1 unspecified atom stereocenters. The van der Waals surface area contributed by atoms with Gasteiger partial charge in [0, 0.05) is 24.7 Å². The Hall–Kier alpha value is -1.50. The predicted molar refractivity (Wildman–Crippen MR) is 82.7 cm³/mol. The van der Waals surface area contributed by atoms with Gasteiger partial charge in [-0.1, -0.05) is 31.0 Å². The lowest BCUT2D eigenvalue weighted by molar-refractivity contribution is 0.259. The fraction of sp³-hybridized carbons (Fsp3) is 0.529. The Morgan fingerprint density at radius 1 is 1.45 bits per heavy atom. The van der Waals surface area contributed by atoms with Crippen molar-refractivity contribution in [2.24, 2.45) is 0 Å². The quantitative estimate of drug-likeness (QED) is 0.771. The third kappa shape index (κ3) is 4.00. The molecule has 1 aliphatic rings. The van der Waals surface area contributed by atoms with Crippen molar-refractivity contribution in [2.45, 2.75) is 32.4 Å². The van der Waals surface area contributed by atoms with Gasteiger partial charge in [0.1, 0.15) is 12.4 Å². The number of likely N-dealkylation sites (N-methyl/N-ethyl adjacent to an activating group) is 1. The molecule has 1 fully saturated rings. The van der Waals surface area contributed by atoms with E-state index < -0.39 is 0 Å². The molecular weight excluding hydrogens is 248 g/mol. The maximum atomic E-state index is 5.56. The third-order valence-corrected chi connectivity index (χ3v) is 3.88. The van der Waals surface area contributed by atoms with Crippen molar-refractivity contribution in [3.63, 3.8) is 0 Å². The molecule has 1 heterocycles.